The van der Waals surface area contributed by atoms with Gasteiger partial charge < -0.3 is 21.3 Å². The SMILES string of the molecule is NC1=Nc2[nH]ncc2C(N)N1C1Cc2ccccc2N(Cc2ccc(F)c(F)c2)C1. The number of anilines is 1. The summed E-state index contributed by atoms with van der Waals surface area (Å²) in [4.78, 5) is 8.46. The lowest BCUT2D eigenvalue weighted by molar-refractivity contribution is 0.229. The highest BCUT2D eigenvalue weighted by Crippen LogP contribution is 2.35. The van der Waals surface area contributed by atoms with Gasteiger partial charge >= 0.3 is 0 Å². The van der Waals surface area contributed by atoms with E-state index in [2.05, 4.69) is 26.2 Å². The molecule has 7 nitrogen and oxygen atoms in total. The fourth-order valence-corrected chi connectivity index (χ4v) is 4.33. The van der Waals surface area contributed by atoms with Gasteiger partial charge in [0.05, 0.1) is 17.8 Å². The molecule has 3 heterocycles. The molecule has 0 saturated carbocycles. The molecule has 2 aliphatic heterocycles. The maximum Gasteiger partial charge on any atom is 0.199 e. The smallest absolute Gasteiger partial charge is 0.199 e. The number of para-hydroxylation sites is 1. The molecule has 2 aliphatic rings. The Morgan fingerprint density at radius 1 is 1.13 bits per heavy atom. The second-order valence-corrected chi connectivity index (χ2v) is 7.61. The van der Waals surface area contributed by atoms with Crippen molar-refractivity contribution in [3.8, 4) is 0 Å². The molecule has 2 atom stereocenters. The van der Waals surface area contributed by atoms with Crippen LogP contribution in [0.4, 0.5) is 20.3 Å². The fraction of sp³-hybridized carbons (Fsp3) is 0.238. The number of aliphatic imine (C=N–C) groups is 1. The number of guanidine groups is 1. The van der Waals surface area contributed by atoms with Crippen LogP contribution in [0.1, 0.15) is 22.9 Å². The predicted molar refractivity (Wildman–Crippen MR) is 110 cm³/mol. The van der Waals surface area contributed by atoms with Gasteiger partial charge in [-0.15, -0.1) is 0 Å². The standard InChI is InChI=1S/C21H21F2N7/c22-16-6-5-12(7-17(16)23)10-29-11-14(8-13-3-1-2-4-18(13)29)30-19(24)15-9-26-28-20(15)27-21(30)25/h1-7,9,14,19H,8,10-11,24H2,(H3,25,26,27,28). The summed E-state index contributed by atoms with van der Waals surface area (Å²) in [6.07, 6.45) is 1.93. The number of nitrogens with two attached hydrogens (primary N) is 2. The molecule has 5 N–H and O–H groups in total. The number of rotatable bonds is 3. The van der Waals surface area contributed by atoms with E-state index in [1.165, 1.54) is 6.07 Å². The van der Waals surface area contributed by atoms with Crippen molar-refractivity contribution in [1.82, 2.24) is 15.1 Å². The van der Waals surface area contributed by atoms with Gasteiger partial charge in [0.2, 0.25) is 0 Å². The van der Waals surface area contributed by atoms with Crippen LogP contribution in [-0.4, -0.2) is 33.6 Å². The van der Waals surface area contributed by atoms with Crippen LogP contribution < -0.4 is 16.4 Å². The Morgan fingerprint density at radius 3 is 2.80 bits per heavy atom. The molecule has 0 spiro atoms. The summed E-state index contributed by atoms with van der Waals surface area (Å²) in [6.45, 7) is 1.04. The van der Waals surface area contributed by atoms with Gasteiger partial charge in [0.15, 0.2) is 23.4 Å². The van der Waals surface area contributed by atoms with E-state index in [9.17, 15) is 8.78 Å². The Morgan fingerprint density at radius 2 is 1.97 bits per heavy atom. The van der Waals surface area contributed by atoms with Crippen molar-refractivity contribution in [1.29, 1.82) is 0 Å². The molecule has 0 saturated heterocycles. The number of hydrogen-bond donors (Lipinski definition) is 3. The van der Waals surface area contributed by atoms with Gasteiger partial charge in [0.1, 0.15) is 6.17 Å². The maximum atomic E-state index is 13.8. The first-order chi connectivity index (χ1) is 14.5. The van der Waals surface area contributed by atoms with Gasteiger partial charge in [-0.2, -0.15) is 10.1 Å². The molecular weight excluding hydrogens is 388 g/mol. The summed E-state index contributed by atoms with van der Waals surface area (Å²) in [5, 5.41) is 6.83. The lowest BCUT2D eigenvalue weighted by Gasteiger charge is -2.44. The van der Waals surface area contributed by atoms with E-state index in [0.29, 0.717) is 30.4 Å². The average molecular weight is 409 g/mol. The minimum Gasteiger partial charge on any atom is -0.369 e. The zero-order valence-corrected chi connectivity index (χ0v) is 16.1. The monoisotopic (exact) mass is 409 g/mol. The number of nitrogens with one attached hydrogen (secondary N) is 1. The number of halogens is 2. The largest absolute Gasteiger partial charge is 0.369 e. The minimum atomic E-state index is -0.852. The zero-order chi connectivity index (χ0) is 20.8. The summed E-state index contributed by atoms with van der Waals surface area (Å²) >= 11 is 0. The molecule has 2 aromatic carbocycles. The normalized spacial score (nSPS) is 20.6. The number of nitrogens with zero attached hydrogens (tertiary/aromatic N) is 4. The van der Waals surface area contributed by atoms with Gasteiger partial charge in [-0.3, -0.25) is 5.10 Å². The Kier molecular flexibility index (Phi) is 4.39. The van der Waals surface area contributed by atoms with Crippen molar-refractivity contribution in [3.63, 3.8) is 0 Å². The van der Waals surface area contributed by atoms with Crippen molar-refractivity contribution < 1.29 is 8.78 Å². The van der Waals surface area contributed by atoms with Gasteiger partial charge in [-0.1, -0.05) is 24.3 Å². The van der Waals surface area contributed by atoms with Crippen LogP contribution in [0.3, 0.4) is 0 Å². The van der Waals surface area contributed by atoms with Crippen LogP contribution in [0, 0.1) is 11.6 Å². The second-order valence-electron chi connectivity index (χ2n) is 7.61. The van der Waals surface area contributed by atoms with Gasteiger partial charge in [0.25, 0.3) is 0 Å². The van der Waals surface area contributed by atoms with Crippen molar-refractivity contribution in [2.75, 3.05) is 11.4 Å². The third-order valence-electron chi connectivity index (χ3n) is 5.73. The first-order valence-electron chi connectivity index (χ1n) is 9.69. The van der Waals surface area contributed by atoms with Crippen LogP contribution in [0.15, 0.2) is 53.7 Å². The lowest BCUT2D eigenvalue weighted by Crippen LogP contribution is -2.56. The molecule has 0 bridgehead atoms. The number of fused-ring (bicyclic) bond motifs is 2. The van der Waals surface area contributed by atoms with Crippen LogP contribution >= 0.6 is 0 Å². The summed E-state index contributed by atoms with van der Waals surface area (Å²) in [6, 6.07) is 12.0. The summed E-state index contributed by atoms with van der Waals surface area (Å²) < 4.78 is 27.1. The molecule has 5 rings (SSSR count). The van der Waals surface area contributed by atoms with Crippen molar-refractivity contribution in [2.45, 2.75) is 25.2 Å². The van der Waals surface area contributed by atoms with Crippen LogP contribution in [0.2, 0.25) is 0 Å². The van der Waals surface area contributed by atoms with Crippen LogP contribution in [0.5, 0.6) is 0 Å². The average Bonchev–Trinajstić information content (AvgIpc) is 3.19. The number of H-pyrrole nitrogens is 1. The lowest BCUT2D eigenvalue weighted by atomic mass is 9.95. The van der Waals surface area contributed by atoms with Crippen molar-refractivity contribution in [3.05, 3.63) is 77.0 Å². The Balaban J connectivity index is 1.48. The Labute approximate surface area is 172 Å². The molecule has 3 aromatic rings. The molecule has 9 heteroatoms. The molecule has 0 amide bonds. The predicted octanol–water partition coefficient (Wildman–Crippen LogP) is 2.54. The highest BCUT2D eigenvalue weighted by molar-refractivity contribution is 5.84. The topological polar surface area (TPSA) is 99.6 Å². The number of aromatic nitrogens is 2. The molecule has 0 aliphatic carbocycles. The Bertz CT molecular complexity index is 1130. The first-order valence-corrected chi connectivity index (χ1v) is 9.69. The van der Waals surface area contributed by atoms with E-state index >= 15 is 0 Å². The highest BCUT2D eigenvalue weighted by atomic mass is 19.2. The molecule has 0 radical (unpaired) electrons. The van der Waals surface area contributed by atoms with E-state index in [4.69, 9.17) is 11.5 Å². The van der Waals surface area contributed by atoms with Crippen molar-refractivity contribution >= 4 is 17.5 Å². The molecule has 154 valence electrons. The zero-order valence-electron chi connectivity index (χ0n) is 16.1. The molecule has 1 aromatic heterocycles. The van der Waals surface area contributed by atoms with Gasteiger partial charge in [0, 0.05) is 18.8 Å². The molecule has 0 fully saturated rings. The van der Waals surface area contributed by atoms with E-state index in [0.717, 1.165) is 29.3 Å². The second kappa shape index (κ2) is 7.10. The molecular formula is C21H21F2N7. The fourth-order valence-electron chi connectivity index (χ4n) is 4.33. The summed E-state index contributed by atoms with van der Waals surface area (Å²) in [7, 11) is 0. The third kappa shape index (κ3) is 3.07. The van der Waals surface area contributed by atoms with Crippen LogP contribution in [0.25, 0.3) is 0 Å². The summed E-state index contributed by atoms with van der Waals surface area (Å²) in [5.41, 5.74) is 16.4. The highest BCUT2D eigenvalue weighted by Gasteiger charge is 2.36. The number of aromatic amines is 1. The molecule has 2 unspecified atom stereocenters. The Hall–Kier alpha value is -3.46. The van der Waals surface area contributed by atoms with Crippen LogP contribution in [-0.2, 0) is 13.0 Å². The van der Waals surface area contributed by atoms with Gasteiger partial charge in [-0.25, -0.2) is 8.78 Å². The van der Waals surface area contributed by atoms with Crippen molar-refractivity contribution in [2.24, 2.45) is 16.5 Å². The maximum absolute atomic E-state index is 13.8. The summed E-state index contributed by atoms with van der Waals surface area (Å²) in [5.74, 6) is -0.798. The first kappa shape index (κ1) is 18.6. The van der Waals surface area contributed by atoms with E-state index in [1.54, 1.807) is 12.3 Å². The van der Waals surface area contributed by atoms with Gasteiger partial charge in [-0.05, 0) is 35.7 Å². The van der Waals surface area contributed by atoms with E-state index in [-0.39, 0.29) is 6.04 Å². The van der Waals surface area contributed by atoms with E-state index in [1.807, 2.05) is 23.1 Å². The number of benzene rings is 2. The number of hydrogen-bond acceptors (Lipinski definition) is 6. The van der Waals surface area contributed by atoms with E-state index < -0.39 is 17.8 Å². The quantitative estimate of drug-likeness (QED) is 0.617. The minimum absolute atomic E-state index is 0.0491. The molecule has 30 heavy (non-hydrogen) atoms. The third-order valence-corrected chi connectivity index (χ3v) is 5.73.